The summed E-state index contributed by atoms with van der Waals surface area (Å²) in [6.07, 6.45) is 0.668. The zero-order chi connectivity index (χ0) is 25.1. The van der Waals surface area contributed by atoms with Gasteiger partial charge < -0.3 is 5.32 Å². The van der Waals surface area contributed by atoms with E-state index in [2.05, 4.69) is 5.32 Å². The first kappa shape index (κ1) is 23.6. The van der Waals surface area contributed by atoms with Crippen molar-refractivity contribution in [2.75, 3.05) is 6.54 Å². The molecule has 0 aliphatic rings. The van der Waals surface area contributed by atoms with E-state index in [-0.39, 0.29) is 18.0 Å². The minimum atomic E-state index is -0.258. The van der Waals surface area contributed by atoms with Crippen molar-refractivity contribution in [3.63, 3.8) is 0 Å². The van der Waals surface area contributed by atoms with Crippen LogP contribution in [0.25, 0.3) is 27.8 Å². The molecule has 0 saturated carbocycles. The van der Waals surface area contributed by atoms with Gasteiger partial charge in [0.2, 0.25) is 5.91 Å². The van der Waals surface area contributed by atoms with Crippen LogP contribution >= 0.6 is 11.6 Å². The summed E-state index contributed by atoms with van der Waals surface area (Å²) in [7, 11) is 0. The van der Waals surface area contributed by atoms with Crippen LogP contribution in [0.1, 0.15) is 11.3 Å². The predicted molar refractivity (Wildman–Crippen MR) is 144 cm³/mol. The van der Waals surface area contributed by atoms with E-state index in [0.29, 0.717) is 23.6 Å². The van der Waals surface area contributed by atoms with Gasteiger partial charge in [-0.2, -0.15) is 5.10 Å². The minimum absolute atomic E-state index is 0.108. The van der Waals surface area contributed by atoms with Crippen molar-refractivity contribution >= 4 is 28.5 Å². The summed E-state index contributed by atoms with van der Waals surface area (Å²) in [5.41, 5.74) is 4.74. The lowest BCUT2D eigenvalue weighted by atomic mass is 10.0. The second-order valence-corrected chi connectivity index (χ2v) is 9.04. The Balaban J connectivity index is 1.53. The van der Waals surface area contributed by atoms with Crippen LogP contribution in [0.3, 0.4) is 0 Å². The van der Waals surface area contributed by atoms with Crippen LogP contribution in [-0.4, -0.2) is 26.8 Å². The molecule has 0 fully saturated rings. The fourth-order valence-electron chi connectivity index (χ4n) is 4.40. The molecule has 2 aromatic heterocycles. The first-order valence-corrected chi connectivity index (χ1v) is 12.1. The lowest BCUT2D eigenvalue weighted by Crippen LogP contribution is -2.34. The molecule has 3 aromatic carbocycles. The van der Waals surface area contributed by atoms with Gasteiger partial charge in [0.05, 0.1) is 11.4 Å². The molecule has 0 unspecified atom stereocenters. The minimum Gasteiger partial charge on any atom is -0.354 e. The topological polar surface area (TPSA) is 68.9 Å². The third-order valence-electron chi connectivity index (χ3n) is 6.13. The summed E-state index contributed by atoms with van der Waals surface area (Å²) in [6.45, 7) is 2.27. The van der Waals surface area contributed by atoms with E-state index in [0.717, 1.165) is 33.5 Å². The molecule has 6 nitrogen and oxygen atoms in total. The van der Waals surface area contributed by atoms with Crippen LogP contribution < -0.4 is 10.9 Å². The van der Waals surface area contributed by atoms with Crippen molar-refractivity contribution < 1.29 is 4.79 Å². The lowest BCUT2D eigenvalue weighted by Gasteiger charge is -2.14. The van der Waals surface area contributed by atoms with E-state index in [1.807, 2.05) is 91.9 Å². The summed E-state index contributed by atoms with van der Waals surface area (Å²) in [6, 6.07) is 28.5. The molecule has 7 heteroatoms. The van der Waals surface area contributed by atoms with Crippen molar-refractivity contribution in [1.29, 1.82) is 0 Å². The quantitative estimate of drug-likeness (QED) is 0.338. The molecule has 1 amide bonds. The van der Waals surface area contributed by atoms with Crippen LogP contribution in [0.4, 0.5) is 0 Å². The van der Waals surface area contributed by atoms with E-state index in [9.17, 15) is 9.59 Å². The third-order valence-corrected chi connectivity index (χ3v) is 6.38. The smallest absolute Gasteiger partial charge is 0.253 e. The standard InChI is InChI=1S/C29H25ClN4O2/c1-20-28-25(22-8-4-2-5-9-22)18-27(36)33(29(28)34(32-20)24-10-6-3-7-11-24)19-26(35)31-17-16-21-12-14-23(30)15-13-21/h2-15,18H,16-17,19H2,1H3,(H,31,35). The molecule has 36 heavy (non-hydrogen) atoms. The van der Waals surface area contributed by atoms with Gasteiger partial charge in [0, 0.05) is 23.0 Å². The number of benzene rings is 3. The molecule has 0 aliphatic heterocycles. The Bertz CT molecular complexity index is 1570. The number of hydrogen-bond donors (Lipinski definition) is 1. The van der Waals surface area contributed by atoms with E-state index >= 15 is 0 Å². The summed E-state index contributed by atoms with van der Waals surface area (Å²) in [5, 5.41) is 9.24. The van der Waals surface area contributed by atoms with Crippen molar-refractivity contribution in [2.24, 2.45) is 0 Å². The maximum Gasteiger partial charge on any atom is 0.253 e. The normalized spacial score (nSPS) is 11.1. The molecule has 0 radical (unpaired) electrons. The van der Waals surface area contributed by atoms with Crippen LogP contribution in [-0.2, 0) is 17.8 Å². The molecular weight excluding hydrogens is 472 g/mol. The summed E-state index contributed by atoms with van der Waals surface area (Å²) >= 11 is 5.95. The molecule has 0 bridgehead atoms. The van der Waals surface area contributed by atoms with Gasteiger partial charge in [-0.3, -0.25) is 14.2 Å². The number of para-hydroxylation sites is 1. The Kier molecular flexibility index (Phi) is 6.69. The van der Waals surface area contributed by atoms with Gasteiger partial charge in [-0.1, -0.05) is 72.3 Å². The summed E-state index contributed by atoms with van der Waals surface area (Å²) in [4.78, 5) is 26.4. The molecule has 5 rings (SSSR count). The number of carbonyl (C=O) groups excluding carboxylic acids is 1. The molecule has 180 valence electrons. The van der Waals surface area contributed by atoms with Crippen LogP contribution in [0, 0.1) is 6.92 Å². The van der Waals surface area contributed by atoms with Crippen LogP contribution in [0.15, 0.2) is 95.8 Å². The highest BCUT2D eigenvalue weighted by molar-refractivity contribution is 6.30. The molecular formula is C29H25ClN4O2. The Labute approximate surface area is 213 Å². The average Bonchev–Trinajstić information content (AvgIpc) is 3.25. The fourth-order valence-corrected chi connectivity index (χ4v) is 4.53. The molecule has 1 N–H and O–H groups in total. The van der Waals surface area contributed by atoms with Crippen molar-refractivity contribution in [3.05, 3.63) is 118 Å². The predicted octanol–water partition coefficient (Wildman–Crippen LogP) is 5.17. The number of nitrogens with zero attached hydrogens (tertiary/aromatic N) is 3. The van der Waals surface area contributed by atoms with E-state index in [1.165, 1.54) is 4.57 Å². The zero-order valence-electron chi connectivity index (χ0n) is 19.8. The SMILES string of the molecule is Cc1nn(-c2ccccc2)c2c1c(-c1ccccc1)cc(=O)n2CC(=O)NCCc1ccc(Cl)cc1. The number of amides is 1. The Morgan fingerprint density at radius 1 is 0.944 bits per heavy atom. The van der Waals surface area contributed by atoms with Gasteiger partial charge in [0.1, 0.15) is 12.2 Å². The third kappa shape index (κ3) is 4.81. The average molecular weight is 497 g/mol. The summed E-state index contributed by atoms with van der Waals surface area (Å²) < 4.78 is 3.26. The van der Waals surface area contributed by atoms with Gasteiger partial charge in [-0.15, -0.1) is 0 Å². The van der Waals surface area contributed by atoms with Crippen molar-refractivity contribution in [1.82, 2.24) is 19.7 Å². The summed E-state index contributed by atoms with van der Waals surface area (Å²) in [5.74, 6) is -0.238. The number of carbonyl (C=O) groups is 1. The van der Waals surface area contributed by atoms with Crippen molar-refractivity contribution in [2.45, 2.75) is 19.9 Å². The van der Waals surface area contributed by atoms with Crippen molar-refractivity contribution in [3.8, 4) is 16.8 Å². The van der Waals surface area contributed by atoms with Gasteiger partial charge in [0.25, 0.3) is 5.56 Å². The van der Waals surface area contributed by atoms with E-state index < -0.39 is 0 Å². The van der Waals surface area contributed by atoms with Gasteiger partial charge in [-0.25, -0.2) is 4.68 Å². The number of aromatic nitrogens is 3. The second kappa shape index (κ2) is 10.2. The van der Waals surface area contributed by atoms with Gasteiger partial charge in [0.15, 0.2) is 0 Å². The Morgan fingerprint density at radius 2 is 1.61 bits per heavy atom. The number of halogens is 1. The number of fused-ring (bicyclic) bond motifs is 1. The second-order valence-electron chi connectivity index (χ2n) is 8.61. The first-order valence-electron chi connectivity index (χ1n) is 11.8. The highest BCUT2D eigenvalue weighted by atomic mass is 35.5. The van der Waals surface area contributed by atoms with E-state index in [1.54, 1.807) is 10.7 Å². The van der Waals surface area contributed by atoms with Gasteiger partial charge in [-0.05, 0) is 54.3 Å². The fraction of sp³-hybridized carbons (Fsp3) is 0.138. The molecule has 5 aromatic rings. The van der Waals surface area contributed by atoms with E-state index in [4.69, 9.17) is 16.7 Å². The molecule has 0 saturated heterocycles. The number of nitrogens with one attached hydrogen (secondary N) is 1. The molecule has 0 atom stereocenters. The number of aryl methyl sites for hydroxylation is 1. The highest BCUT2D eigenvalue weighted by Crippen LogP contribution is 2.31. The highest BCUT2D eigenvalue weighted by Gasteiger charge is 2.20. The molecule has 0 aliphatic carbocycles. The number of pyridine rings is 1. The Hall–Kier alpha value is -4.16. The molecule has 2 heterocycles. The maximum absolute atomic E-state index is 13.4. The van der Waals surface area contributed by atoms with Gasteiger partial charge >= 0.3 is 0 Å². The molecule has 0 spiro atoms. The maximum atomic E-state index is 13.4. The monoisotopic (exact) mass is 496 g/mol. The first-order chi connectivity index (χ1) is 17.5. The lowest BCUT2D eigenvalue weighted by molar-refractivity contribution is -0.121. The number of hydrogen-bond acceptors (Lipinski definition) is 3. The zero-order valence-corrected chi connectivity index (χ0v) is 20.6. The van der Waals surface area contributed by atoms with Crippen LogP contribution in [0.2, 0.25) is 5.02 Å². The van der Waals surface area contributed by atoms with Crippen LogP contribution in [0.5, 0.6) is 0 Å². The Morgan fingerprint density at radius 3 is 2.31 bits per heavy atom. The number of rotatable bonds is 7. The largest absolute Gasteiger partial charge is 0.354 e.